The molecule has 0 spiro atoms. The third-order valence-electron chi connectivity index (χ3n) is 1.57. The van der Waals surface area contributed by atoms with E-state index in [1.807, 2.05) is 6.07 Å². The number of benzene rings is 1. The van der Waals surface area contributed by atoms with Gasteiger partial charge in [-0.15, -0.1) is 5.10 Å². The summed E-state index contributed by atoms with van der Waals surface area (Å²) in [6, 6.07) is 8.94. The lowest BCUT2D eigenvalue weighted by Crippen LogP contribution is -2.28. The molecule has 0 saturated heterocycles. The molecule has 1 aromatic carbocycles. The van der Waals surface area contributed by atoms with Crippen molar-refractivity contribution in [3.8, 4) is 6.07 Å². The zero-order valence-electron chi connectivity index (χ0n) is 7.88. The summed E-state index contributed by atoms with van der Waals surface area (Å²) < 4.78 is 0. The number of nitrogens with two attached hydrogens (primary N) is 2. The van der Waals surface area contributed by atoms with E-state index in [1.165, 1.54) is 0 Å². The molecule has 6 heteroatoms. The van der Waals surface area contributed by atoms with Gasteiger partial charge in [-0.3, -0.25) is 0 Å². The Bertz CT molecular complexity index is 411. The Morgan fingerprint density at radius 2 is 2.07 bits per heavy atom. The Kier molecular flexibility index (Phi) is 3.68. The number of hydrogen-bond donors (Lipinski definition) is 3. The number of nitriles is 1. The van der Waals surface area contributed by atoms with Gasteiger partial charge < -0.3 is 11.6 Å². The highest BCUT2D eigenvalue weighted by Crippen LogP contribution is 2.00. The van der Waals surface area contributed by atoms with Gasteiger partial charge >= 0.3 is 0 Å². The molecule has 0 saturated carbocycles. The molecule has 0 aliphatic heterocycles. The zero-order valence-corrected chi connectivity index (χ0v) is 7.88. The summed E-state index contributed by atoms with van der Waals surface area (Å²) in [7, 11) is 0. The fraction of sp³-hybridized carbons (Fsp3) is 0. The fourth-order valence-corrected chi connectivity index (χ4v) is 0.846. The number of hydrazone groups is 2. The first kappa shape index (κ1) is 10.5. The summed E-state index contributed by atoms with van der Waals surface area (Å²) in [5.74, 6) is 4.91. The first-order valence-electron chi connectivity index (χ1n) is 4.09. The molecule has 15 heavy (non-hydrogen) atoms. The van der Waals surface area contributed by atoms with E-state index >= 15 is 0 Å². The quantitative estimate of drug-likeness (QED) is 0.264. The largest absolute Gasteiger partial charge is 0.367 e. The van der Waals surface area contributed by atoms with E-state index < -0.39 is 0 Å². The monoisotopic (exact) mass is 202 g/mol. The molecule has 0 amide bonds. The van der Waals surface area contributed by atoms with Crippen molar-refractivity contribution in [2.45, 2.75) is 0 Å². The molecule has 0 aliphatic carbocycles. The highest BCUT2D eigenvalue weighted by Gasteiger charge is 1.90. The summed E-state index contributed by atoms with van der Waals surface area (Å²) in [4.78, 5) is 0. The molecule has 1 rings (SSSR count). The van der Waals surface area contributed by atoms with E-state index in [9.17, 15) is 0 Å². The molecule has 6 nitrogen and oxygen atoms in total. The number of hydrogen-bond acceptors (Lipinski definition) is 4. The molecule has 0 fully saturated rings. The van der Waals surface area contributed by atoms with Gasteiger partial charge in [0.1, 0.15) is 0 Å². The van der Waals surface area contributed by atoms with Gasteiger partial charge in [0, 0.05) is 0 Å². The van der Waals surface area contributed by atoms with Gasteiger partial charge in [0.05, 0.1) is 17.8 Å². The lowest BCUT2D eigenvalue weighted by atomic mass is 10.2. The van der Waals surface area contributed by atoms with Crippen LogP contribution in [0.1, 0.15) is 11.1 Å². The SMILES string of the molecule is N#Cc1ccc(/C=N/N/C(N)=N\N)cc1. The van der Waals surface area contributed by atoms with E-state index in [4.69, 9.17) is 16.8 Å². The Hall–Kier alpha value is -2.55. The van der Waals surface area contributed by atoms with Crippen LogP contribution in [0.2, 0.25) is 0 Å². The van der Waals surface area contributed by atoms with Crippen LogP contribution in [0.15, 0.2) is 34.5 Å². The van der Waals surface area contributed by atoms with Gasteiger partial charge in [-0.25, -0.2) is 5.43 Å². The first-order chi connectivity index (χ1) is 7.26. The van der Waals surface area contributed by atoms with Crippen LogP contribution in [0.5, 0.6) is 0 Å². The number of guanidine groups is 1. The van der Waals surface area contributed by atoms with Gasteiger partial charge in [-0.05, 0) is 17.7 Å². The maximum absolute atomic E-state index is 8.57. The molecule has 0 unspecified atom stereocenters. The van der Waals surface area contributed by atoms with Crippen molar-refractivity contribution >= 4 is 12.2 Å². The highest BCUT2D eigenvalue weighted by molar-refractivity contribution is 5.82. The average molecular weight is 202 g/mol. The third kappa shape index (κ3) is 3.36. The van der Waals surface area contributed by atoms with Crippen LogP contribution < -0.4 is 17.0 Å². The van der Waals surface area contributed by atoms with Crippen LogP contribution in [0.4, 0.5) is 0 Å². The molecule has 1 aromatic rings. The van der Waals surface area contributed by atoms with E-state index in [1.54, 1.807) is 30.5 Å². The van der Waals surface area contributed by atoms with Gasteiger partial charge in [0.15, 0.2) is 0 Å². The van der Waals surface area contributed by atoms with E-state index in [0.29, 0.717) is 5.56 Å². The normalized spacial score (nSPS) is 11.3. The molecule has 0 aliphatic rings. The molecular weight excluding hydrogens is 192 g/mol. The zero-order chi connectivity index (χ0) is 11.1. The third-order valence-corrected chi connectivity index (χ3v) is 1.57. The number of rotatable bonds is 2. The minimum Gasteiger partial charge on any atom is -0.367 e. The van der Waals surface area contributed by atoms with Crippen molar-refractivity contribution in [1.29, 1.82) is 5.26 Å². The second kappa shape index (κ2) is 5.24. The summed E-state index contributed by atoms with van der Waals surface area (Å²) in [5.41, 5.74) is 9.10. The Morgan fingerprint density at radius 3 is 2.60 bits per heavy atom. The van der Waals surface area contributed by atoms with Crippen molar-refractivity contribution in [2.75, 3.05) is 0 Å². The molecule has 0 aromatic heterocycles. The van der Waals surface area contributed by atoms with Crippen LogP contribution in [0.25, 0.3) is 0 Å². The maximum Gasteiger partial charge on any atom is 0.231 e. The predicted molar refractivity (Wildman–Crippen MR) is 57.7 cm³/mol. The van der Waals surface area contributed by atoms with Crippen molar-refractivity contribution in [2.24, 2.45) is 21.8 Å². The lowest BCUT2D eigenvalue weighted by Gasteiger charge is -1.95. The molecule has 0 radical (unpaired) electrons. The van der Waals surface area contributed by atoms with E-state index in [0.717, 1.165) is 5.56 Å². The van der Waals surface area contributed by atoms with Crippen LogP contribution in [-0.4, -0.2) is 12.2 Å². The molecule has 76 valence electrons. The second-order valence-electron chi connectivity index (χ2n) is 2.62. The van der Waals surface area contributed by atoms with E-state index in [-0.39, 0.29) is 5.96 Å². The summed E-state index contributed by atoms with van der Waals surface area (Å²) >= 11 is 0. The van der Waals surface area contributed by atoms with Crippen molar-refractivity contribution in [3.05, 3.63) is 35.4 Å². The summed E-state index contributed by atoms with van der Waals surface area (Å²) in [6.45, 7) is 0. The second-order valence-corrected chi connectivity index (χ2v) is 2.62. The lowest BCUT2D eigenvalue weighted by molar-refractivity contribution is 0.993. The van der Waals surface area contributed by atoms with Crippen LogP contribution in [0, 0.1) is 11.3 Å². The molecule has 0 heterocycles. The molecule has 0 atom stereocenters. The molecular formula is C9H10N6. The van der Waals surface area contributed by atoms with Crippen LogP contribution in [0.3, 0.4) is 0 Å². The highest BCUT2D eigenvalue weighted by atomic mass is 15.4. The first-order valence-corrected chi connectivity index (χ1v) is 4.09. The topological polar surface area (TPSA) is 113 Å². The summed E-state index contributed by atoms with van der Waals surface area (Å²) in [6.07, 6.45) is 1.54. The number of nitrogens with zero attached hydrogens (tertiary/aromatic N) is 3. The minimum absolute atomic E-state index is 0.0277. The van der Waals surface area contributed by atoms with Gasteiger partial charge in [0.2, 0.25) is 5.96 Å². The van der Waals surface area contributed by atoms with Gasteiger partial charge in [-0.1, -0.05) is 12.1 Å². The fourth-order valence-electron chi connectivity index (χ4n) is 0.846. The standard InChI is InChI=1S/C9H10N6/c10-5-7-1-3-8(4-2-7)6-13-15-9(11)14-12/h1-4,6H,12H2,(H3,11,14,15)/b13-6+. The van der Waals surface area contributed by atoms with E-state index in [2.05, 4.69) is 15.6 Å². The average Bonchev–Trinajstić information content (AvgIpc) is 2.29. The Morgan fingerprint density at radius 1 is 1.40 bits per heavy atom. The summed E-state index contributed by atoms with van der Waals surface area (Å²) in [5, 5.41) is 15.5. The van der Waals surface area contributed by atoms with Crippen molar-refractivity contribution in [3.63, 3.8) is 0 Å². The molecule has 0 bridgehead atoms. The van der Waals surface area contributed by atoms with Crippen LogP contribution in [-0.2, 0) is 0 Å². The van der Waals surface area contributed by atoms with Crippen LogP contribution >= 0.6 is 0 Å². The minimum atomic E-state index is 0.0277. The smallest absolute Gasteiger partial charge is 0.231 e. The molecule has 5 N–H and O–H groups in total. The Labute approximate surface area is 86.9 Å². The van der Waals surface area contributed by atoms with Gasteiger partial charge in [-0.2, -0.15) is 10.4 Å². The van der Waals surface area contributed by atoms with Gasteiger partial charge in [0.25, 0.3) is 0 Å². The Balaban J connectivity index is 2.62. The maximum atomic E-state index is 8.57. The predicted octanol–water partition coefficient (Wildman–Crippen LogP) is -0.330. The van der Waals surface area contributed by atoms with Crippen molar-refractivity contribution in [1.82, 2.24) is 5.43 Å². The van der Waals surface area contributed by atoms with Crippen molar-refractivity contribution < 1.29 is 0 Å². The number of nitrogens with one attached hydrogen (secondary N) is 1.